The van der Waals surface area contributed by atoms with Crippen LogP contribution in [0.3, 0.4) is 0 Å². The maximum atomic E-state index is 13.1. The first kappa shape index (κ1) is 29.2. The summed E-state index contributed by atoms with van der Waals surface area (Å²) in [5.41, 5.74) is 1.92. The number of likely N-dealkylation sites (N-methyl/N-ethyl adjacent to an activating group) is 1. The number of carbonyl (C=O) groups excluding carboxylic acids is 1. The summed E-state index contributed by atoms with van der Waals surface area (Å²) in [6.45, 7) is 8.45. The quantitative estimate of drug-likeness (QED) is 0.160. The molecule has 2 aromatic rings. The summed E-state index contributed by atoms with van der Waals surface area (Å²) < 4.78 is 13.0. The summed E-state index contributed by atoms with van der Waals surface area (Å²) >= 11 is 6.40. The summed E-state index contributed by atoms with van der Waals surface area (Å²) in [6.07, 6.45) is 8.26. The number of quaternary nitrogens is 1. The lowest BCUT2D eigenvalue weighted by Gasteiger charge is -2.31. The highest BCUT2D eigenvalue weighted by molar-refractivity contribution is 6.30. The van der Waals surface area contributed by atoms with Crippen LogP contribution >= 0.6 is 11.6 Å². The Bertz CT molecular complexity index is 1040. The summed E-state index contributed by atoms with van der Waals surface area (Å²) in [6, 6.07) is 14.2. The number of unbranched alkanes of at least 4 members (excludes halogenated alkanes) is 5. The summed E-state index contributed by atoms with van der Waals surface area (Å²) in [5.74, 6) is 2.25. The molecule has 6 heteroatoms. The van der Waals surface area contributed by atoms with Gasteiger partial charge in [0.2, 0.25) is 6.73 Å². The lowest BCUT2D eigenvalue weighted by atomic mass is 9.84. The van der Waals surface area contributed by atoms with E-state index in [0.717, 1.165) is 48.0 Å². The lowest BCUT2D eigenvalue weighted by Crippen LogP contribution is -3.00. The molecule has 0 amide bonds. The standard InChI is InChI=1S/C30H41ClNO3.HI/c1-5-6-7-8-9-12-17-30(2,3)29(33)34-21-32(4)19-25-23-13-10-11-14-27(23)35-28-16-15-22(31)18-24(28)26(25)20-32;/h10-11,13-16,18,25-26H,5-9,12,17,19-21H2,1-4H3;1H/q+1;/p-1. The van der Waals surface area contributed by atoms with E-state index in [1.165, 1.54) is 37.7 Å². The van der Waals surface area contributed by atoms with E-state index in [0.29, 0.717) is 11.2 Å². The van der Waals surface area contributed by atoms with Gasteiger partial charge in [-0.15, -0.1) is 0 Å². The molecular formula is C30H41ClINO3. The predicted octanol–water partition coefficient (Wildman–Crippen LogP) is 5.05. The topological polar surface area (TPSA) is 35.5 Å². The van der Waals surface area contributed by atoms with Crippen LogP contribution in [0, 0.1) is 5.41 Å². The number of hydrogen-bond donors (Lipinski definition) is 0. The zero-order valence-corrected chi connectivity index (χ0v) is 25.1. The molecule has 1 fully saturated rings. The fraction of sp³-hybridized carbons (Fsp3) is 0.567. The molecule has 0 N–H and O–H groups in total. The number of halogens is 2. The van der Waals surface area contributed by atoms with Gasteiger partial charge in [-0.1, -0.05) is 75.2 Å². The van der Waals surface area contributed by atoms with Gasteiger partial charge in [0.15, 0.2) is 0 Å². The van der Waals surface area contributed by atoms with Crippen LogP contribution < -0.4 is 28.7 Å². The molecule has 2 aliphatic rings. The minimum Gasteiger partial charge on any atom is -1.00 e. The van der Waals surface area contributed by atoms with Gasteiger partial charge >= 0.3 is 5.97 Å². The molecule has 0 spiro atoms. The zero-order chi connectivity index (χ0) is 25.1. The Morgan fingerprint density at radius 1 is 1.00 bits per heavy atom. The number of hydrogen-bond acceptors (Lipinski definition) is 3. The van der Waals surface area contributed by atoms with E-state index >= 15 is 0 Å². The molecular weight excluding hydrogens is 585 g/mol. The first-order chi connectivity index (χ1) is 16.7. The largest absolute Gasteiger partial charge is 1.00 e. The second-order valence-electron chi connectivity index (χ2n) is 11.5. The van der Waals surface area contributed by atoms with Crippen LogP contribution in [0.25, 0.3) is 0 Å². The molecule has 3 unspecified atom stereocenters. The maximum absolute atomic E-state index is 13.1. The minimum atomic E-state index is -0.450. The molecule has 0 saturated carbocycles. The predicted molar refractivity (Wildman–Crippen MR) is 142 cm³/mol. The molecule has 2 aromatic carbocycles. The van der Waals surface area contributed by atoms with E-state index in [1.54, 1.807) is 0 Å². The molecule has 4 nitrogen and oxygen atoms in total. The number of carbonyl (C=O) groups is 1. The minimum absolute atomic E-state index is 0. The van der Waals surface area contributed by atoms with Gasteiger partial charge in [0.25, 0.3) is 0 Å². The van der Waals surface area contributed by atoms with E-state index in [-0.39, 0.29) is 41.8 Å². The average Bonchev–Trinajstić information content (AvgIpc) is 3.13. The van der Waals surface area contributed by atoms with Crippen molar-refractivity contribution in [2.24, 2.45) is 5.41 Å². The Morgan fingerprint density at radius 2 is 1.64 bits per heavy atom. The van der Waals surface area contributed by atoms with Crippen LogP contribution in [0.2, 0.25) is 5.02 Å². The second kappa shape index (κ2) is 12.5. The third-order valence-electron chi connectivity index (χ3n) is 7.89. The average molecular weight is 626 g/mol. The van der Waals surface area contributed by atoms with Crippen molar-refractivity contribution in [1.82, 2.24) is 0 Å². The molecule has 3 atom stereocenters. The zero-order valence-electron chi connectivity index (χ0n) is 22.2. The van der Waals surface area contributed by atoms with Crippen LogP contribution in [-0.2, 0) is 9.53 Å². The molecule has 2 aliphatic heterocycles. The summed E-state index contributed by atoms with van der Waals surface area (Å²) in [5, 5.41) is 0.723. The fourth-order valence-electron chi connectivity index (χ4n) is 5.77. The van der Waals surface area contributed by atoms with Crippen molar-refractivity contribution in [3.63, 3.8) is 0 Å². The van der Waals surface area contributed by atoms with Gasteiger partial charge in [-0.3, -0.25) is 9.28 Å². The Balaban J connectivity index is 0.00000361. The van der Waals surface area contributed by atoms with E-state index in [1.807, 2.05) is 44.2 Å². The van der Waals surface area contributed by atoms with E-state index in [4.69, 9.17) is 21.1 Å². The van der Waals surface area contributed by atoms with Gasteiger partial charge in [-0.25, -0.2) is 0 Å². The highest BCUT2D eigenvalue weighted by atomic mass is 127. The Labute approximate surface area is 239 Å². The van der Waals surface area contributed by atoms with Crippen LogP contribution in [0.5, 0.6) is 11.5 Å². The summed E-state index contributed by atoms with van der Waals surface area (Å²) in [4.78, 5) is 13.1. The van der Waals surface area contributed by atoms with E-state index in [2.05, 4.69) is 26.1 Å². The highest BCUT2D eigenvalue weighted by Crippen LogP contribution is 2.51. The number of likely N-dealkylation sites (tertiary alicyclic amines) is 1. The number of esters is 1. The van der Waals surface area contributed by atoms with Crippen LogP contribution in [0.15, 0.2) is 42.5 Å². The Hall–Kier alpha value is -1.31. The SMILES string of the molecule is CCCCCCCCC(C)(C)C(=O)OC[N+]1(C)CC2c3ccccc3Oc3ccc(Cl)cc3C2C1.[I-]. The van der Waals surface area contributed by atoms with Crippen LogP contribution in [0.4, 0.5) is 0 Å². The monoisotopic (exact) mass is 625 g/mol. The molecule has 36 heavy (non-hydrogen) atoms. The molecule has 198 valence electrons. The molecule has 0 bridgehead atoms. The number of para-hydroxylation sites is 1. The van der Waals surface area contributed by atoms with Crippen molar-refractivity contribution >= 4 is 17.6 Å². The van der Waals surface area contributed by atoms with Crippen molar-refractivity contribution in [1.29, 1.82) is 0 Å². The van der Waals surface area contributed by atoms with Crippen molar-refractivity contribution in [2.45, 2.75) is 77.6 Å². The van der Waals surface area contributed by atoms with Gasteiger partial charge in [-0.2, -0.15) is 0 Å². The van der Waals surface area contributed by atoms with Crippen LogP contribution in [-0.4, -0.2) is 37.3 Å². The molecule has 0 aliphatic carbocycles. The first-order valence-electron chi connectivity index (χ1n) is 13.3. The second-order valence-corrected chi connectivity index (χ2v) is 11.9. The van der Waals surface area contributed by atoms with E-state index < -0.39 is 5.41 Å². The number of rotatable bonds is 10. The van der Waals surface area contributed by atoms with Crippen LogP contribution in [0.1, 0.15) is 88.7 Å². The molecule has 0 aromatic heterocycles. The number of fused-ring (bicyclic) bond motifs is 5. The lowest BCUT2D eigenvalue weighted by molar-refractivity contribution is -0.915. The first-order valence-corrected chi connectivity index (χ1v) is 13.7. The third kappa shape index (κ3) is 6.76. The van der Waals surface area contributed by atoms with Gasteiger partial charge in [-0.05, 0) is 44.5 Å². The smallest absolute Gasteiger partial charge is 0.315 e. The van der Waals surface area contributed by atoms with Crippen molar-refractivity contribution in [3.05, 3.63) is 58.6 Å². The molecule has 2 heterocycles. The fourth-order valence-corrected chi connectivity index (χ4v) is 5.95. The molecule has 1 saturated heterocycles. The molecule has 4 rings (SSSR count). The van der Waals surface area contributed by atoms with Gasteiger partial charge in [0, 0.05) is 28.0 Å². The normalized spacial score (nSPS) is 22.4. The number of nitrogens with zero attached hydrogens (tertiary/aromatic N) is 1. The Kier molecular flexibility index (Phi) is 10.1. The number of ether oxygens (including phenoxy) is 2. The highest BCUT2D eigenvalue weighted by Gasteiger charge is 2.48. The molecule has 0 radical (unpaired) electrons. The number of benzene rings is 2. The maximum Gasteiger partial charge on any atom is 0.315 e. The summed E-state index contributed by atoms with van der Waals surface area (Å²) in [7, 11) is 2.20. The van der Waals surface area contributed by atoms with Crippen molar-refractivity contribution < 1.29 is 42.7 Å². The van der Waals surface area contributed by atoms with Crippen molar-refractivity contribution in [2.75, 3.05) is 26.9 Å². The van der Waals surface area contributed by atoms with Gasteiger partial charge in [0.05, 0.1) is 25.6 Å². The van der Waals surface area contributed by atoms with Crippen molar-refractivity contribution in [3.8, 4) is 11.5 Å². The Morgan fingerprint density at radius 3 is 2.39 bits per heavy atom. The van der Waals surface area contributed by atoms with Gasteiger partial charge < -0.3 is 33.5 Å². The van der Waals surface area contributed by atoms with Gasteiger partial charge in [0.1, 0.15) is 11.5 Å². The van der Waals surface area contributed by atoms with E-state index in [9.17, 15) is 4.79 Å². The third-order valence-corrected chi connectivity index (χ3v) is 8.12.